The largest absolute Gasteiger partial charge is 0.504 e. The van der Waals surface area contributed by atoms with Crippen LogP contribution in [0.25, 0.3) is 0 Å². The Hall–Kier alpha value is -3.34. The number of carbonyl (C=O) groups is 4. The number of likely N-dealkylation sites (tertiary alicyclic amines) is 1. The number of rotatable bonds is 9. The number of aromatic hydroxyl groups is 2. The van der Waals surface area contributed by atoms with Crippen LogP contribution in [0.2, 0.25) is 0 Å². The number of hydrogen-bond donors (Lipinski definition) is 5. The third kappa shape index (κ3) is 5.41. The van der Waals surface area contributed by atoms with Crippen molar-refractivity contribution >= 4 is 23.7 Å². The van der Waals surface area contributed by atoms with Gasteiger partial charge in [0.05, 0.1) is 6.42 Å². The second-order valence-electron chi connectivity index (χ2n) is 12.0. The van der Waals surface area contributed by atoms with Gasteiger partial charge in [-0.15, -0.1) is 0 Å². The molecule has 6 unspecified atom stereocenters. The molecule has 2 saturated carbocycles. The topological polar surface area (TPSA) is 179 Å². The van der Waals surface area contributed by atoms with E-state index in [1.807, 2.05) is 0 Å². The highest BCUT2D eigenvalue weighted by Crippen LogP contribution is 2.66. The van der Waals surface area contributed by atoms with Gasteiger partial charge < -0.3 is 36.0 Å². The van der Waals surface area contributed by atoms with Crippen molar-refractivity contribution < 1.29 is 39.2 Å². The van der Waals surface area contributed by atoms with Crippen molar-refractivity contribution in [3.8, 4) is 11.5 Å². The van der Waals surface area contributed by atoms with E-state index in [9.17, 15) is 34.5 Å². The average Bonchev–Trinajstić information content (AvgIpc) is 3.49. The van der Waals surface area contributed by atoms with Gasteiger partial charge in [-0.25, -0.2) is 4.79 Å². The second kappa shape index (κ2) is 10.7. The van der Waals surface area contributed by atoms with E-state index in [4.69, 9.17) is 10.5 Å². The standard InChI is InChI=1S/C28H39N3O8/c1-27(2)16-8-9-28(27,3)22(13-16)39-26(38)18-5-4-10-31(18)25(37)17(14-23(29)35)30-24(36)21(34)12-15-6-7-19(32)20(33)11-15/h6-7,11,16-18,21-22,32-34H,4-5,8-10,12-14H2,1-3H3,(H2,29,35)(H,30,36). The van der Waals surface area contributed by atoms with Gasteiger partial charge in [-0.05, 0) is 61.1 Å². The molecule has 1 aromatic rings. The van der Waals surface area contributed by atoms with E-state index in [1.54, 1.807) is 0 Å². The summed E-state index contributed by atoms with van der Waals surface area (Å²) in [7, 11) is 0. The van der Waals surface area contributed by atoms with Crippen LogP contribution < -0.4 is 11.1 Å². The molecule has 39 heavy (non-hydrogen) atoms. The van der Waals surface area contributed by atoms with Crippen molar-refractivity contribution in [3.63, 3.8) is 0 Å². The Kier molecular flexibility index (Phi) is 7.84. The molecule has 6 N–H and O–H groups in total. The summed E-state index contributed by atoms with van der Waals surface area (Å²) in [5.41, 5.74) is 5.64. The van der Waals surface area contributed by atoms with Gasteiger partial charge in [0.25, 0.3) is 0 Å². The number of carbonyl (C=O) groups excluding carboxylic acids is 4. The quantitative estimate of drug-likeness (QED) is 0.226. The molecule has 11 heteroatoms. The molecular formula is C28H39N3O8. The molecule has 4 rings (SSSR count). The van der Waals surface area contributed by atoms with Gasteiger partial charge in [0.15, 0.2) is 11.5 Å². The highest BCUT2D eigenvalue weighted by Gasteiger charge is 2.63. The first-order chi connectivity index (χ1) is 18.2. The first-order valence-corrected chi connectivity index (χ1v) is 13.5. The second-order valence-corrected chi connectivity index (χ2v) is 12.0. The summed E-state index contributed by atoms with van der Waals surface area (Å²) < 4.78 is 6.02. The first kappa shape index (κ1) is 28.7. The van der Waals surface area contributed by atoms with Crippen LogP contribution in [0, 0.1) is 16.7 Å². The van der Waals surface area contributed by atoms with E-state index in [2.05, 4.69) is 26.1 Å². The Morgan fingerprint density at radius 3 is 2.46 bits per heavy atom. The maximum absolute atomic E-state index is 13.5. The SMILES string of the molecule is CC1(C)C2CCC1(C)C(OC(=O)C1CCCN1C(=O)C(CC(N)=O)NC(=O)C(O)Cc1ccc(O)c(O)c1)C2. The predicted molar refractivity (Wildman–Crippen MR) is 139 cm³/mol. The molecule has 1 aromatic carbocycles. The Morgan fingerprint density at radius 1 is 1.15 bits per heavy atom. The third-order valence-electron chi connectivity index (χ3n) is 9.57. The summed E-state index contributed by atoms with van der Waals surface area (Å²) in [5, 5.41) is 31.9. The van der Waals surface area contributed by atoms with Crippen molar-refractivity contribution in [2.75, 3.05) is 6.54 Å². The van der Waals surface area contributed by atoms with Gasteiger partial charge in [-0.1, -0.05) is 26.8 Å². The number of hydrogen-bond acceptors (Lipinski definition) is 8. The highest BCUT2D eigenvalue weighted by molar-refractivity contribution is 5.95. The Morgan fingerprint density at radius 2 is 1.87 bits per heavy atom. The molecule has 3 aliphatic rings. The molecule has 1 heterocycles. The van der Waals surface area contributed by atoms with Gasteiger partial charge >= 0.3 is 5.97 Å². The number of nitrogens with two attached hydrogens (primary N) is 1. The fourth-order valence-electron chi connectivity index (χ4n) is 6.68. The van der Waals surface area contributed by atoms with E-state index >= 15 is 0 Å². The highest BCUT2D eigenvalue weighted by atomic mass is 16.5. The summed E-state index contributed by atoms with van der Waals surface area (Å²) >= 11 is 0. The number of phenols is 2. The van der Waals surface area contributed by atoms with Gasteiger partial charge in [0.2, 0.25) is 17.7 Å². The van der Waals surface area contributed by atoms with Crippen molar-refractivity contribution in [1.29, 1.82) is 0 Å². The number of ether oxygens (including phenoxy) is 1. The molecule has 1 aliphatic heterocycles. The lowest BCUT2D eigenvalue weighted by Crippen LogP contribution is -2.55. The number of primary amides is 1. The van der Waals surface area contributed by atoms with Crippen LogP contribution in [0.5, 0.6) is 11.5 Å². The molecule has 0 spiro atoms. The molecule has 6 atom stereocenters. The minimum absolute atomic E-state index is 0.0553. The monoisotopic (exact) mass is 545 g/mol. The Bertz CT molecular complexity index is 1150. The molecule has 3 fully saturated rings. The first-order valence-electron chi connectivity index (χ1n) is 13.5. The molecule has 0 radical (unpaired) electrons. The summed E-state index contributed by atoms with van der Waals surface area (Å²) in [5.74, 6) is -3.14. The van der Waals surface area contributed by atoms with Crippen molar-refractivity contribution in [2.45, 2.75) is 90.0 Å². The fraction of sp³-hybridized carbons (Fsp3) is 0.643. The lowest BCUT2D eigenvalue weighted by molar-refractivity contribution is -0.165. The average molecular weight is 546 g/mol. The van der Waals surface area contributed by atoms with Crippen LogP contribution in [0.4, 0.5) is 0 Å². The van der Waals surface area contributed by atoms with Crippen LogP contribution in [0.3, 0.4) is 0 Å². The molecule has 2 aliphatic carbocycles. The van der Waals surface area contributed by atoms with E-state index in [-0.39, 0.29) is 35.6 Å². The lowest BCUT2D eigenvalue weighted by Gasteiger charge is -2.39. The third-order valence-corrected chi connectivity index (χ3v) is 9.57. The molecule has 2 bridgehead atoms. The van der Waals surface area contributed by atoms with Gasteiger partial charge in [-0.2, -0.15) is 0 Å². The number of amides is 3. The predicted octanol–water partition coefficient (Wildman–Crippen LogP) is 1.11. The number of aliphatic hydroxyl groups is 1. The number of fused-ring (bicyclic) bond motifs is 2. The number of benzene rings is 1. The molecule has 3 amide bonds. The van der Waals surface area contributed by atoms with Crippen LogP contribution >= 0.6 is 0 Å². The van der Waals surface area contributed by atoms with Crippen LogP contribution in [0.15, 0.2) is 18.2 Å². The van der Waals surface area contributed by atoms with Gasteiger partial charge in [0, 0.05) is 18.4 Å². The Labute approximate surface area is 227 Å². The zero-order valence-corrected chi connectivity index (χ0v) is 22.7. The van der Waals surface area contributed by atoms with Gasteiger partial charge in [-0.3, -0.25) is 14.4 Å². The minimum Gasteiger partial charge on any atom is -0.504 e. The molecular weight excluding hydrogens is 506 g/mol. The van der Waals surface area contributed by atoms with Crippen LogP contribution in [-0.4, -0.2) is 74.7 Å². The number of phenolic OH excluding ortho intramolecular Hbond substituents is 2. The number of nitrogens with one attached hydrogen (secondary N) is 1. The molecule has 11 nitrogen and oxygen atoms in total. The molecule has 0 aromatic heterocycles. The van der Waals surface area contributed by atoms with Crippen LogP contribution in [-0.2, 0) is 30.3 Å². The van der Waals surface area contributed by atoms with Crippen molar-refractivity contribution in [3.05, 3.63) is 23.8 Å². The van der Waals surface area contributed by atoms with E-state index in [0.717, 1.165) is 19.3 Å². The maximum atomic E-state index is 13.5. The van der Waals surface area contributed by atoms with E-state index in [0.29, 0.717) is 24.3 Å². The smallest absolute Gasteiger partial charge is 0.329 e. The summed E-state index contributed by atoms with van der Waals surface area (Å²) in [4.78, 5) is 52.6. The van der Waals surface area contributed by atoms with E-state index < -0.39 is 54.0 Å². The normalized spacial score (nSPS) is 28.6. The van der Waals surface area contributed by atoms with E-state index in [1.165, 1.54) is 23.1 Å². The lowest BCUT2D eigenvalue weighted by atomic mass is 9.70. The zero-order chi connectivity index (χ0) is 28.7. The van der Waals surface area contributed by atoms with Gasteiger partial charge in [0.1, 0.15) is 24.3 Å². The summed E-state index contributed by atoms with van der Waals surface area (Å²) in [6.45, 7) is 6.87. The van der Waals surface area contributed by atoms with Crippen molar-refractivity contribution in [1.82, 2.24) is 10.2 Å². The fourth-order valence-corrected chi connectivity index (χ4v) is 6.68. The molecule has 214 valence electrons. The van der Waals surface area contributed by atoms with Crippen LogP contribution in [0.1, 0.15) is 64.9 Å². The van der Waals surface area contributed by atoms with Crippen molar-refractivity contribution in [2.24, 2.45) is 22.5 Å². The maximum Gasteiger partial charge on any atom is 0.329 e. The molecule has 1 saturated heterocycles. The number of esters is 1. The summed E-state index contributed by atoms with van der Waals surface area (Å²) in [6.07, 6.45) is 1.29. The minimum atomic E-state index is -1.61. The zero-order valence-electron chi connectivity index (χ0n) is 22.7. The summed E-state index contributed by atoms with van der Waals surface area (Å²) in [6, 6.07) is 1.65. The number of nitrogens with zero attached hydrogens (tertiary/aromatic N) is 1. The number of aliphatic hydroxyl groups excluding tert-OH is 1. The Balaban J connectivity index is 1.42.